The van der Waals surface area contributed by atoms with Gasteiger partial charge in [0.1, 0.15) is 0 Å². The van der Waals surface area contributed by atoms with Crippen LogP contribution in [-0.4, -0.2) is 16.1 Å². The van der Waals surface area contributed by atoms with Crippen LogP contribution in [0.4, 0.5) is 0 Å². The predicted octanol–water partition coefficient (Wildman–Crippen LogP) is 8.94. The molecule has 0 heterocycles. The van der Waals surface area contributed by atoms with E-state index in [9.17, 15) is 0 Å². The molecule has 0 atom stereocenters. The SMILES string of the molecule is CCCc1ccc2[cH-]c(C(C)(C)C)cc2c1-c1cc([Si](C)(C)C)cc([Si](C)(C)C)c1.[Cl][Zr][Cl]. The fraction of sp³-hybridized carbons (Fsp3) is 0.464. The molecule has 0 aliphatic rings. The van der Waals surface area contributed by atoms with Crippen molar-refractivity contribution in [1.29, 1.82) is 0 Å². The van der Waals surface area contributed by atoms with Crippen LogP contribution in [0.3, 0.4) is 0 Å². The maximum atomic E-state index is 4.93. The molecular formula is C28H41Cl2Si2Zr-. The van der Waals surface area contributed by atoms with Crippen molar-refractivity contribution in [2.24, 2.45) is 0 Å². The molecule has 0 nitrogen and oxygen atoms in total. The summed E-state index contributed by atoms with van der Waals surface area (Å²) in [5.74, 6) is 0. The van der Waals surface area contributed by atoms with E-state index in [4.69, 9.17) is 17.0 Å². The summed E-state index contributed by atoms with van der Waals surface area (Å²) in [6, 6.07) is 17.2. The molecule has 0 bridgehead atoms. The van der Waals surface area contributed by atoms with E-state index in [1.807, 2.05) is 0 Å². The van der Waals surface area contributed by atoms with Crippen LogP contribution >= 0.6 is 17.0 Å². The van der Waals surface area contributed by atoms with E-state index in [2.05, 4.69) is 109 Å². The Hall–Kier alpha value is -0.0531. The van der Waals surface area contributed by atoms with Gasteiger partial charge in [-0.1, -0.05) is 113 Å². The zero-order chi connectivity index (χ0) is 25.2. The molecule has 0 amide bonds. The number of aryl methyl sites for hydroxylation is 1. The average Bonchev–Trinajstić information content (AvgIpc) is 3.12. The molecule has 0 radical (unpaired) electrons. The fourth-order valence-electron chi connectivity index (χ4n) is 4.22. The molecule has 0 unspecified atom stereocenters. The summed E-state index contributed by atoms with van der Waals surface area (Å²) < 4.78 is 0. The Kier molecular flexibility index (Phi) is 10.0. The van der Waals surface area contributed by atoms with Crippen LogP contribution < -0.4 is 10.4 Å². The van der Waals surface area contributed by atoms with E-state index < -0.39 is 37.0 Å². The summed E-state index contributed by atoms with van der Waals surface area (Å²) in [5, 5.41) is 6.03. The minimum atomic E-state index is -1.41. The van der Waals surface area contributed by atoms with Crippen molar-refractivity contribution in [3.63, 3.8) is 0 Å². The zero-order valence-electron chi connectivity index (χ0n) is 22.2. The summed E-state index contributed by atoms with van der Waals surface area (Å²) >= 11 is -0.826. The van der Waals surface area contributed by atoms with E-state index >= 15 is 0 Å². The topological polar surface area (TPSA) is 0 Å². The fourth-order valence-corrected chi connectivity index (χ4v) is 6.71. The van der Waals surface area contributed by atoms with Gasteiger partial charge in [0.2, 0.25) is 0 Å². The molecule has 180 valence electrons. The first-order chi connectivity index (χ1) is 15.1. The number of rotatable bonds is 5. The number of hydrogen-bond donors (Lipinski definition) is 0. The van der Waals surface area contributed by atoms with Crippen LogP contribution in [0.5, 0.6) is 0 Å². The molecule has 0 aromatic heterocycles. The molecule has 0 saturated carbocycles. The Morgan fingerprint density at radius 2 is 1.36 bits per heavy atom. The molecule has 3 aromatic rings. The Bertz CT molecular complexity index is 1050. The Morgan fingerprint density at radius 1 is 0.848 bits per heavy atom. The zero-order valence-corrected chi connectivity index (χ0v) is 28.2. The molecule has 5 heteroatoms. The molecule has 3 rings (SSSR count). The van der Waals surface area contributed by atoms with Gasteiger partial charge in [0.25, 0.3) is 0 Å². The molecule has 0 aliphatic heterocycles. The van der Waals surface area contributed by atoms with Gasteiger partial charge < -0.3 is 0 Å². The second-order valence-corrected chi connectivity index (χ2v) is 26.1. The Balaban J connectivity index is 0.00000122. The van der Waals surface area contributed by atoms with Crippen LogP contribution in [0.1, 0.15) is 45.2 Å². The van der Waals surface area contributed by atoms with Crippen molar-refractivity contribution in [2.75, 3.05) is 0 Å². The molecule has 0 saturated heterocycles. The molecule has 33 heavy (non-hydrogen) atoms. The minimum absolute atomic E-state index is 0.171. The van der Waals surface area contributed by atoms with Gasteiger partial charge >= 0.3 is 37.9 Å². The van der Waals surface area contributed by atoms with Crippen LogP contribution in [-0.2, 0) is 32.7 Å². The summed E-state index contributed by atoms with van der Waals surface area (Å²) in [7, 11) is 7.04. The second kappa shape index (κ2) is 11.3. The van der Waals surface area contributed by atoms with Gasteiger partial charge in [-0.25, -0.2) is 0 Å². The van der Waals surface area contributed by atoms with Gasteiger partial charge in [-0.3, -0.25) is 0 Å². The third kappa shape index (κ3) is 7.47. The molecule has 0 N–H and O–H groups in total. The maximum absolute atomic E-state index is 4.93. The first-order valence-electron chi connectivity index (χ1n) is 12.0. The summed E-state index contributed by atoms with van der Waals surface area (Å²) in [6.45, 7) is 24.1. The first kappa shape index (κ1) is 29.2. The normalized spacial score (nSPS) is 12.5. The third-order valence-electron chi connectivity index (χ3n) is 6.32. The third-order valence-corrected chi connectivity index (χ3v) is 10.4. The molecule has 0 fully saturated rings. The molecule has 0 spiro atoms. The van der Waals surface area contributed by atoms with Crippen molar-refractivity contribution in [3.8, 4) is 11.1 Å². The predicted molar refractivity (Wildman–Crippen MR) is 155 cm³/mol. The Morgan fingerprint density at radius 3 is 1.79 bits per heavy atom. The van der Waals surface area contributed by atoms with Gasteiger partial charge in [0.15, 0.2) is 0 Å². The standard InChI is InChI=1S/C28H41Si2.2ClH.Zr/c1-11-12-20-13-14-21-15-23(28(2,3)4)18-26(21)27(20)22-16-24(29(5,6)7)19-25(17-22)30(8,9)10;;;/h13-19H,11-12H2,1-10H3;2*1H;/q-1;;;+2/p-2. The van der Waals surface area contributed by atoms with Gasteiger partial charge in [-0.05, 0) is 17.4 Å². The van der Waals surface area contributed by atoms with E-state index in [1.165, 1.54) is 39.4 Å². The van der Waals surface area contributed by atoms with E-state index in [-0.39, 0.29) is 5.41 Å². The van der Waals surface area contributed by atoms with Crippen molar-refractivity contribution < 1.29 is 20.8 Å². The van der Waals surface area contributed by atoms with Crippen LogP contribution in [0.15, 0.2) is 42.5 Å². The quantitative estimate of drug-likeness (QED) is 0.204. The molecule has 3 aromatic carbocycles. The van der Waals surface area contributed by atoms with Crippen molar-refractivity contribution >= 4 is 54.3 Å². The van der Waals surface area contributed by atoms with Gasteiger partial charge in [-0.15, -0.1) is 34.5 Å². The average molecular weight is 596 g/mol. The van der Waals surface area contributed by atoms with Gasteiger partial charge in [0, 0.05) is 0 Å². The van der Waals surface area contributed by atoms with Crippen molar-refractivity contribution in [2.45, 2.75) is 85.2 Å². The Labute approximate surface area is 223 Å². The van der Waals surface area contributed by atoms with E-state index in [1.54, 1.807) is 10.4 Å². The summed E-state index contributed by atoms with van der Waals surface area (Å²) in [5.41, 5.74) is 6.06. The number of hydrogen-bond acceptors (Lipinski definition) is 0. The van der Waals surface area contributed by atoms with Gasteiger partial charge in [0.05, 0.1) is 16.1 Å². The monoisotopic (exact) mass is 593 g/mol. The van der Waals surface area contributed by atoms with E-state index in [0.717, 1.165) is 6.42 Å². The number of halogens is 2. The first-order valence-corrected chi connectivity index (χ1v) is 25.3. The summed E-state index contributed by atoms with van der Waals surface area (Å²) in [4.78, 5) is 0. The van der Waals surface area contributed by atoms with Crippen LogP contribution in [0, 0.1) is 0 Å². The molecular weight excluding hydrogens is 555 g/mol. The van der Waals surface area contributed by atoms with Gasteiger partial charge in [-0.2, -0.15) is 6.07 Å². The van der Waals surface area contributed by atoms with Crippen LogP contribution in [0.25, 0.3) is 21.9 Å². The second-order valence-electron chi connectivity index (χ2n) is 12.2. The van der Waals surface area contributed by atoms with Crippen molar-refractivity contribution in [3.05, 3.63) is 53.6 Å². The van der Waals surface area contributed by atoms with E-state index in [0.29, 0.717) is 0 Å². The summed E-state index contributed by atoms with van der Waals surface area (Å²) in [6.07, 6.45) is 2.32. The van der Waals surface area contributed by atoms with Crippen molar-refractivity contribution in [1.82, 2.24) is 0 Å². The molecule has 0 aliphatic carbocycles. The number of benzene rings is 2. The number of fused-ring (bicyclic) bond motifs is 1. The van der Waals surface area contributed by atoms with Crippen LogP contribution in [0.2, 0.25) is 39.3 Å².